The Bertz CT molecular complexity index is 878. The molecule has 6 nitrogen and oxygen atoms in total. The summed E-state index contributed by atoms with van der Waals surface area (Å²) < 4.78 is 41.8. The van der Waals surface area contributed by atoms with Crippen LogP contribution in [0.3, 0.4) is 0 Å². The average Bonchev–Trinajstić information content (AvgIpc) is 3.13. The van der Waals surface area contributed by atoms with Crippen LogP contribution in [0.2, 0.25) is 0 Å². The van der Waals surface area contributed by atoms with Crippen molar-refractivity contribution in [2.75, 3.05) is 0 Å². The molecule has 0 bridgehead atoms. The molecule has 0 unspecified atom stereocenters. The molecule has 134 valence electrons. The van der Waals surface area contributed by atoms with Gasteiger partial charge in [-0.05, 0) is 36.4 Å². The van der Waals surface area contributed by atoms with E-state index in [-0.39, 0.29) is 17.9 Å². The van der Waals surface area contributed by atoms with E-state index < -0.39 is 12.3 Å². The molecule has 0 spiro atoms. The summed E-state index contributed by atoms with van der Waals surface area (Å²) in [6, 6.07) is 9.97. The molecule has 3 aromatic rings. The lowest BCUT2D eigenvalue weighted by Crippen LogP contribution is -2.24. The van der Waals surface area contributed by atoms with Gasteiger partial charge < -0.3 is 10.1 Å². The molecule has 1 amide bonds. The summed E-state index contributed by atoms with van der Waals surface area (Å²) in [5.74, 6) is -0.243. The van der Waals surface area contributed by atoms with Crippen molar-refractivity contribution >= 4 is 5.91 Å². The minimum atomic E-state index is -4.77. The smallest absolute Gasteiger partial charge is 0.406 e. The molecule has 2 heterocycles. The summed E-state index contributed by atoms with van der Waals surface area (Å²) in [4.78, 5) is 16.4. The molecular formula is C17H13F3N4O2. The Hall–Kier alpha value is -3.36. The number of carbonyl (C=O) groups is 1. The van der Waals surface area contributed by atoms with Crippen LogP contribution < -0.4 is 10.1 Å². The number of carbonyl (C=O) groups excluding carboxylic acids is 1. The fourth-order valence-corrected chi connectivity index (χ4v) is 2.25. The molecule has 0 aliphatic rings. The summed E-state index contributed by atoms with van der Waals surface area (Å²) in [5, 5.41) is 6.81. The average molecular weight is 362 g/mol. The van der Waals surface area contributed by atoms with Crippen molar-refractivity contribution in [2.45, 2.75) is 12.9 Å². The Kier molecular flexibility index (Phi) is 4.87. The number of nitrogens with one attached hydrogen (secondary N) is 1. The minimum Gasteiger partial charge on any atom is -0.406 e. The van der Waals surface area contributed by atoms with Crippen LogP contribution in [0.15, 0.2) is 61.1 Å². The number of amides is 1. The maximum atomic E-state index is 12.2. The molecule has 1 aromatic carbocycles. The van der Waals surface area contributed by atoms with Crippen molar-refractivity contribution in [3.63, 3.8) is 0 Å². The second kappa shape index (κ2) is 7.26. The Morgan fingerprint density at radius 1 is 1.12 bits per heavy atom. The zero-order chi connectivity index (χ0) is 18.6. The third kappa shape index (κ3) is 4.38. The SMILES string of the molecule is O=C(NCc1cccnc1-n1cccn1)c1ccc(OC(F)(F)F)cc1. The molecule has 9 heteroatoms. The highest BCUT2D eigenvalue weighted by Crippen LogP contribution is 2.22. The van der Waals surface area contributed by atoms with Gasteiger partial charge in [0.05, 0.1) is 0 Å². The van der Waals surface area contributed by atoms with E-state index in [4.69, 9.17) is 0 Å². The van der Waals surface area contributed by atoms with E-state index in [1.165, 1.54) is 12.1 Å². The van der Waals surface area contributed by atoms with Crippen molar-refractivity contribution in [1.82, 2.24) is 20.1 Å². The monoisotopic (exact) mass is 362 g/mol. The number of alkyl halides is 3. The van der Waals surface area contributed by atoms with Crippen LogP contribution in [0.5, 0.6) is 5.75 Å². The predicted molar refractivity (Wildman–Crippen MR) is 85.7 cm³/mol. The lowest BCUT2D eigenvalue weighted by Gasteiger charge is -2.11. The normalized spacial score (nSPS) is 11.2. The molecule has 0 fully saturated rings. The van der Waals surface area contributed by atoms with Crippen molar-refractivity contribution in [1.29, 1.82) is 0 Å². The molecular weight excluding hydrogens is 349 g/mol. The molecule has 0 radical (unpaired) electrons. The van der Waals surface area contributed by atoms with Gasteiger partial charge in [0.15, 0.2) is 5.82 Å². The number of nitrogens with zero attached hydrogens (tertiary/aromatic N) is 3. The molecule has 0 saturated carbocycles. The molecule has 0 atom stereocenters. The maximum absolute atomic E-state index is 12.2. The highest BCUT2D eigenvalue weighted by atomic mass is 19.4. The Morgan fingerprint density at radius 2 is 1.88 bits per heavy atom. The van der Waals surface area contributed by atoms with Crippen LogP contribution in [-0.4, -0.2) is 27.0 Å². The fourth-order valence-electron chi connectivity index (χ4n) is 2.25. The van der Waals surface area contributed by atoms with E-state index in [1.807, 2.05) is 0 Å². The van der Waals surface area contributed by atoms with Crippen LogP contribution >= 0.6 is 0 Å². The fraction of sp³-hybridized carbons (Fsp3) is 0.118. The van der Waals surface area contributed by atoms with Gasteiger partial charge in [-0.3, -0.25) is 4.79 Å². The first-order valence-electron chi connectivity index (χ1n) is 7.50. The summed E-state index contributed by atoms with van der Waals surface area (Å²) in [5.41, 5.74) is 0.950. The molecule has 0 saturated heterocycles. The van der Waals surface area contributed by atoms with Crippen molar-refractivity contribution in [3.05, 3.63) is 72.2 Å². The van der Waals surface area contributed by atoms with Gasteiger partial charge in [-0.2, -0.15) is 5.10 Å². The first kappa shape index (κ1) is 17.5. The number of halogens is 3. The first-order chi connectivity index (χ1) is 12.4. The number of aromatic nitrogens is 3. The predicted octanol–water partition coefficient (Wildman–Crippen LogP) is 3.10. The van der Waals surface area contributed by atoms with Gasteiger partial charge in [-0.25, -0.2) is 9.67 Å². The zero-order valence-electron chi connectivity index (χ0n) is 13.3. The second-order valence-corrected chi connectivity index (χ2v) is 5.19. The van der Waals surface area contributed by atoms with Gasteiger partial charge in [0, 0.05) is 36.3 Å². The van der Waals surface area contributed by atoms with Crippen LogP contribution in [-0.2, 0) is 6.54 Å². The van der Waals surface area contributed by atoms with Gasteiger partial charge in [-0.15, -0.1) is 13.2 Å². The summed E-state index contributed by atoms with van der Waals surface area (Å²) in [6.45, 7) is 0.183. The van der Waals surface area contributed by atoms with Gasteiger partial charge in [0.2, 0.25) is 0 Å². The third-order valence-electron chi connectivity index (χ3n) is 3.38. The summed E-state index contributed by atoms with van der Waals surface area (Å²) in [7, 11) is 0. The Morgan fingerprint density at radius 3 is 2.54 bits per heavy atom. The summed E-state index contributed by atoms with van der Waals surface area (Å²) >= 11 is 0. The van der Waals surface area contributed by atoms with Gasteiger partial charge >= 0.3 is 6.36 Å². The van der Waals surface area contributed by atoms with Crippen molar-refractivity contribution < 1.29 is 22.7 Å². The zero-order valence-corrected chi connectivity index (χ0v) is 13.3. The highest BCUT2D eigenvalue weighted by Gasteiger charge is 2.31. The Labute approximate surface area is 146 Å². The van der Waals surface area contributed by atoms with E-state index in [0.717, 1.165) is 17.7 Å². The Balaban J connectivity index is 1.66. The molecule has 0 aliphatic heterocycles. The number of ether oxygens (including phenoxy) is 1. The molecule has 3 rings (SSSR count). The molecule has 26 heavy (non-hydrogen) atoms. The third-order valence-corrected chi connectivity index (χ3v) is 3.38. The number of rotatable bonds is 5. The quantitative estimate of drug-likeness (QED) is 0.757. The van der Waals surface area contributed by atoms with Crippen molar-refractivity contribution in [2.24, 2.45) is 0 Å². The van der Waals surface area contributed by atoms with E-state index in [9.17, 15) is 18.0 Å². The maximum Gasteiger partial charge on any atom is 0.573 e. The van der Waals surface area contributed by atoms with E-state index in [0.29, 0.717) is 5.82 Å². The number of hydrogen-bond donors (Lipinski definition) is 1. The first-order valence-corrected chi connectivity index (χ1v) is 7.50. The second-order valence-electron chi connectivity index (χ2n) is 5.19. The highest BCUT2D eigenvalue weighted by molar-refractivity contribution is 5.94. The lowest BCUT2D eigenvalue weighted by molar-refractivity contribution is -0.274. The topological polar surface area (TPSA) is 69.0 Å². The number of hydrogen-bond acceptors (Lipinski definition) is 4. The van der Waals surface area contributed by atoms with E-state index in [1.54, 1.807) is 41.5 Å². The van der Waals surface area contributed by atoms with Crippen LogP contribution in [0, 0.1) is 0 Å². The van der Waals surface area contributed by atoms with E-state index >= 15 is 0 Å². The molecule has 1 N–H and O–H groups in total. The van der Waals surface area contributed by atoms with Crippen LogP contribution in [0.1, 0.15) is 15.9 Å². The number of pyridine rings is 1. The largest absolute Gasteiger partial charge is 0.573 e. The van der Waals surface area contributed by atoms with Crippen LogP contribution in [0.25, 0.3) is 5.82 Å². The summed E-state index contributed by atoms with van der Waals surface area (Å²) in [6.07, 6.45) is 0.184. The van der Waals surface area contributed by atoms with Crippen LogP contribution in [0.4, 0.5) is 13.2 Å². The van der Waals surface area contributed by atoms with Gasteiger partial charge in [0.1, 0.15) is 5.75 Å². The molecule has 2 aromatic heterocycles. The lowest BCUT2D eigenvalue weighted by atomic mass is 10.2. The minimum absolute atomic E-state index is 0.183. The molecule has 0 aliphatic carbocycles. The van der Waals surface area contributed by atoms with Gasteiger partial charge in [-0.1, -0.05) is 6.07 Å². The van der Waals surface area contributed by atoms with E-state index in [2.05, 4.69) is 20.1 Å². The number of benzene rings is 1. The van der Waals surface area contributed by atoms with Gasteiger partial charge in [0.25, 0.3) is 5.91 Å². The standard InChI is InChI=1S/C17H13F3N4O2/c18-17(19,20)26-14-6-4-12(5-7-14)16(25)22-11-13-3-1-8-21-15(13)24-10-2-9-23-24/h1-10H,11H2,(H,22,25). The van der Waals surface area contributed by atoms with Crippen molar-refractivity contribution in [3.8, 4) is 11.6 Å².